The molecule has 0 saturated carbocycles. The van der Waals surface area contributed by atoms with Crippen molar-refractivity contribution >= 4 is 22.5 Å². The van der Waals surface area contributed by atoms with Crippen molar-refractivity contribution in [2.75, 3.05) is 0 Å². The van der Waals surface area contributed by atoms with Crippen LogP contribution in [0, 0.1) is 0 Å². The highest BCUT2D eigenvalue weighted by molar-refractivity contribution is 6.10. The number of carbonyl (C=O) groups is 1. The molecule has 160 valence electrons. The first-order chi connectivity index (χ1) is 16.2. The van der Waals surface area contributed by atoms with E-state index < -0.39 is 0 Å². The Labute approximate surface area is 196 Å². The van der Waals surface area contributed by atoms with Crippen LogP contribution < -0.4 is 0 Å². The summed E-state index contributed by atoms with van der Waals surface area (Å²) in [5.41, 5.74) is 7.03. The van der Waals surface area contributed by atoms with Gasteiger partial charge in [0.1, 0.15) is 0 Å². The van der Waals surface area contributed by atoms with E-state index in [0.29, 0.717) is 5.56 Å². The standard InChI is InChI=1S/C32H26O/c1-25(26-14-6-2-7-15-26)22-30(27-16-8-3-9-17-27)23-31(28-18-10-4-11-19-28)24-32(33)29-20-12-5-13-21-29/h2-24H,1H3/b25-22+,30-23-,31-24-. The molecule has 0 saturated heterocycles. The van der Waals surface area contributed by atoms with Crippen LogP contribution in [0.2, 0.25) is 0 Å². The van der Waals surface area contributed by atoms with Gasteiger partial charge in [-0.2, -0.15) is 0 Å². The first-order valence-corrected chi connectivity index (χ1v) is 11.1. The smallest absolute Gasteiger partial charge is 0.186 e. The number of ketones is 1. The Morgan fingerprint density at radius 1 is 0.455 bits per heavy atom. The Hall–Kier alpha value is -4.23. The van der Waals surface area contributed by atoms with Crippen molar-refractivity contribution in [3.63, 3.8) is 0 Å². The zero-order valence-corrected chi connectivity index (χ0v) is 18.7. The van der Waals surface area contributed by atoms with E-state index in [1.165, 1.54) is 5.56 Å². The van der Waals surface area contributed by atoms with Gasteiger partial charge in [0.15, 0.2) is 5.78 Å². The van der Waals surface area contributed by atoms with E-state index in [4.69, 9.17) is 0 Å². The van der Waals surface area contributed by atoms with E-state index >= 15 is 0 Å². The molecule has 0 bridgehead atoms. The molecule has 4 rings (SSSR count). The second-order valence-electron chi connectivity index (χ2n) is 7.86. The summed E-state index contributed by atoms with van der Waals surface area (Å²) in [4.78, 5) is 13.1. The molecule has 0 unspecified atom stereocenters. The van der Waals surface area contributed by atoms with E-state index in [0.717, 1.165) is 27.8 Å². The van der Waals surface area contributed by atoms with E-state index in [2.05, 4.69) is 43.3 Å². The average molecular weight is 427 g/mol. The van der Waals surface area contributed by atoms with Crippen molar-refractivity contribution in [2.45, 2.75) is 6.92 Å². The van der Waals surface area contributed by atoms with Gasteiger partial charge in [-0.3, -0.25) is 4.79 Å². The summed E-state index contributed by atoms with van der Waals surface area (Å²) in [6.45, 7) is 2.12. The second kappa shape index (κ2) is 10.9. The fourth-order valence-electron chi connectivity index (χ4n) is 3.69. The molecule has 0 radical (unpaired) electrons. The highest BCUT2D eigenvalue weighted by Gasteiger charge is 2.08. The molecule has 0 aliphatic heterocycles. The Morgan fingerprint density at radius 3 is 1.27 bits per heavy atom. The first-order valence-electron chi connectivity index (χ1n) is 11.1. The van der Waals surface area contributed by atoms with Gasteiger partial charge in [-0.25, -0.2) is 0 Å². The molecule has 4 aromatic carbocycles. The third-order valence-electron chi connectivity index (χ3n) is 5.47. The summed E-state index contributed by atoms with van der Waals surface area (Å²) in [5.74, 6) is -0.0122. The van der Waals surface area contributed by atoms with Crippen molar-refractivity contribution in [3.05, 3.63) is 162 Å². The van der Waals surface area contributed by atoms with Gasteiger partial charge in [0.25, 0.3) is 0 Å². The molecule has 0 N–H and O–H groups in total. The van der Waals surface area contributed by atoms with Crippen LogP contribution in [0.1, 0.15) is 34.0 Å². The second-order valence-corrected chi connectivity index (χ2v) is 7.86. The van der Waals surface area contributed by atoms with Crippen LogP contribution in [0.3, 0.4) is 0 Å². The zero-order valence-electron chi connectivity index (χ0n) is 18.7. The highest BCUT2D eigenvalue weighted by Crippen LogP contribution is 2.27. The van der Waals surface area contributed by atoms with Gasteiger partial charge in [0, 0.05) is 5.56 Å². The van der Waals surface area contributed by atoms with Crippen LogP contribution in [0.15, 0.2) is 140 Å². The first kappa shape index (κ1) is 22.0. The van der Waals surface area contributed by atoms with E-state index in [1.54, 1.807) is 6.08 Å². The van der Waals surface area contributed by atoms with Crippen molar-refractivity contribution in [1.82, 2.24) is 0 Å². The lowest BCUT2D eigenvalue weighted by Gasteiger charge is -2.10. The molecule has 1 nitrogen and oxygen atoms in total. The summed E-state index contributed by atoms with van der Waals surface area (Å²) >= 11 is 0. The Morgan fingerprint density at radius 2 is 0.818 bits per heavy atom. The number of rotatable bonds is 7. The van der Waals surface area contributed by atoms with Crippen molar-refractivity contribution in [1.29, 1.82) is 0 Å². The molecule has 4 aromatic rings. The van der Waals surface area contributed by atoms with Gasteiger partial charge in [-0.05, 0) is 52.5 Å². The number of allylic oxidation sites excluding steroid dienone is 6. The van der Waals surface area contributed by atoms with Gasteiger partial charge in [-0.15, -0.1) is 0 Å². The summed E-state index contributed by atoms with van der Waals surface area (Å²) in [7, 11) is 0. The molecule has 0 heterocycles. The average Bonchev–Trinajstić information content (AvgIpc) is 2.89. The van der Waals surface area contributed by atoms with Crippen LogP contribution in [-0.4, -0.2) is 5.78 Å². The Kier molecular flexibility index (Phi) is 7.25. The number of hydrogen-bond acceptors (Lipinski definition) is 1. The topological polar surface area (TPSA) is 17.1 Å². The molecule has 0 spiro atoms. The molecule has 1 heteroatoms. The van der Waals surface area contributed by atoms with E-state index in [9.17, 15) is 4.79 Å². The third kappa shape index (κ3) is 5.93. The fraction of sp³-hybridized carbons (Fsp3) is 0.0312. The van der Waals surface area contributed by atoms with E-state index in [-0.39, 0.29) is 5.78 Å². The highest BCUT2D eigenvalue weighted by atomic mass is 16.1. The van der Waals surface area contributed by atoms with Gasteiger partial charge < -0.3 is 0 Å². The zero-order chi connectivity index (χ0) is 22.9. The van der Waals surface area contributed by atoms with Crippen LogP contribution in [-0.2, 0) is 0 Å². The minimum absolute atomic E-state index is 0.0122. The Bertz CT molecular complexity index is 1280. The van der Waals surface area contributed by atoms with Crippen LogP contribution in [0.25, 0.3) is 16.7 Å². The van der Waals surface area contributed by atoms with Gasteiger partial charge in [-0.1, -0.05) is 127 Å². The maximum atomic E-state index is 13.1. The monoisotopic (exact) mass is 426 g/mol. The quantitative estimate of drug-likeness (QED) is 0.166. The van der Waals surface area contributed by atoms with Crippen LogP contribution in [0.5, 0.6) is 0 Å². The van der Waals surface area contributed by atoms with Gasteiger partial charge >= 0.3 is 0 Å². The van der Waals surface area contributed by atoms with E-state index in [1.807, 2.05) is 97.1 Å². The number of benzene rings is 4. The van der Waals surface area contributed by atoms with Gasteiger partial charge in [0.05, 0.1) is 0 Å². The van der Waals surface area contributed by atoms with Gasteiger partial charge in [0.2, 0.25) is 0 Å². The van der Waals surface area contributed by atoms with Crippen molar-refractivity contribution in [3.8, 4) is 0 Å². The summed E-state index contributed by atoms with van der Waals surface area (Å²) < 4.78 is 0. The minimum atomic E-state index is -0.0122. The number of hydrogen-bond donors (Lipinski definition) is 0. The lowest BCUT2D eigenvalue weighted by molar-refractivity contribution is 0.104. The molecule has 0 fully saturated rings. The molecule has 33 heavy (non-hydrogen) atoms. The minimum Gasteiger partial charge on any atom is -0.289 e. The lowest BCUT2D eigenvalue weighted by Crippen LogP contribution is -1.96. The van der Waals surface area contributed by atoms with Crippen LogP contribution >= 0.6 is 0 Å². The lowest BCUT2D eigenvalue weighted by atomic mass is 9.94. The summed E-state index contributed by atoms with van der Waals surface area (Å²) in [5, 5.41) is 0. The molecule has 0 amide bonds. The molecule has 0 atom stereocenters. The molecular weight excluding hydrogens is 400 g/mol. The van der Waals surface area contributed by atoms with Crippen LogP contribution in [0.4, 0.5) is 0 Å². The largest absolute Gasteiger partial charge is 0.289 e. The Balaban J connectivity index is 1.85. The molecule has 0 aromatic heterocycles. The third-order valence-corrected chi connectivity index (χ3v) is 5.47. The summed E-state index contributed by atoms with van der Waals surface area (Å²) in [6, 6.07) is 40.1. The SMILES string of the molecule is C\C(=C/C(=C/C(=C/C(=O)c1ccccc1)c1ccccc1)c1ccccc1)c1ccccc1. The molecular formula is C32H26O. The number of carbonyl (C=O) groups excluding carboxylic acids is 1. The predicted octanol–water partition coefficient (Wildman–Crippen LogP) is 8.14. The fourth-order valence-corrected chi connectivity index (χ4v) is 3.69. The molecule has 0 aliphatic rings. The predicted molar refractivity (Wildman–Crippen MR) is 140 cm³/mol. The van der Waals surface area contributed by atoms with Crippen molar-refractivity contribution < 1.29 is 4.79 Å². The normalized spacial score (nSPS) is 12.5. The maximum Gasteiger partial charge on any atom is 0.186 e. The molecule has 0 aliphatic carbocycles. The maximum absolute atomic E-state index is 13.1. The van der Waals surface area contributed by atoms with Crippen molar-refractivity contribution in [2.24, 2.45) is 0 Å². The summed E-state index contributed by atoms with van der Waals surface area (Å²) in [6.07, 6.45) is 6.03.